The van der Waals surface area contributed by atoms with Gasteiger partial charge in [0.15, 0.2) is 0 Å². The van der Waals surface area contributed by atoms with Crippen LogP contribution in [0, 0.1) is 0 Å². The molecule has 4 unspecified atom stereocenters. The van der Waals surface area contributed by atoms with Gasteiger partial charge in [0.2, 0.25) is 17.7 Å². The van der Waals surface area contributed by atoms with Gasteiger partial charge in [-0.25, -0.2) is 4.79 Å². The van der Waals surface area contributed by atoms with E-state index in [4.69, 9.17) is 10.8 Å². The van der Waals surface area contributed by atoms with Crippen LogP contribution < -0.4 is 21.7 Å². The lowest BCUT2D eigenvalue weighted by molar-refractivity contribution is -0.143. The Labute approximate surface area is 172 Å². The number of nitrogens with one attached hydrogen (secondary N) is 3. The fourth-order valence-corrected chi connectivity index (χ4v) is 2.52. The highest BCUT2D eigenvalue weighted by molar-refractivity contribution is 7.98. The zero-order valence-electron chi connectivity index (χ0n) is 16.2. The van der Waals surface area contributed by atoms with E-state index in [1.54, 1.807) is 6.26 Å². The molecule has 8 N–H and O–H groups in total. The molecule has 29 heavy (non-hydrogen) atoms. The maximum Gasteiger partial charge on any atom is 0.326 e. The Bertz CT molecular complexity index is 601. The third-order valence-electron chi connectivity index (χ3n) is 3.77. The number of aliphatic hydroxyl groups excluding tert-OH is 1. The minimum absolute atomic E-state index is 0.148. The molecule has 0 aliphatic heterocycles. The lowest BCUT2D eigenvalue weighted by atomic mass is 10.1. The van der Waals surface area contributed by atoms with E-state index in [1.807, 2.05) is 0 Å². The van der Waals surface area contributed by atoms with Crippen LogP contribution in [0.15, 0.2) is 0 Å². The highest BCUT2D eigenvalue weighted by atomic mass is 32.2. The molecule has 0 aromatic carbocycles. The molecule has 13 heteroatoms. The van der Waals surface area contributed by atoms with Crippen LogP contribution in [0.3, 0.4) is 0 Å². The van der Waals surface area contributed by atoms with E-state index in [1.165, 1.54) is 18.7 Å². The van der Waals surface area contributed by atoms with E-state index in [2.05, 4.69) is 16.0 Å². The van der Waals surface area contributed by atoms with Gasteiger partial charge >= 0.3 is 11.9 Å². The fourth-order valence-electron chi connectivity index (χ4n) is 2.05. The number of amides is 3. The van der Waals surface area contributed by atoms with Crippen molar-refractivity contribution in [3.8, 4) is 0 Å². The number of rotatable bonds is 14. The van der Waals surface area contributed by atoms with Crippen LogP contribution in [0.1, 0.15) is 26.2 Å². The Hall–Kier alpha value is -2.38. The van der Waals surface area contributed by atoms with Crippen LogP contribution >= 0.6 is 11.8 Å². The van der Waals surface area contributed by atoms with Gasteiger partial charge in [0.05, 0.1) is 12.6 Å². The van der Waals surface area contributed by atoms with Crippen molar-refractivity contribution < 1.29 is 39.3 Å². The van der Waals surface area contributed by atoms with Crippen LogP contribution in [0.4, 0.5) is 0 Å². The molecule has 3 amide bonds. The van der Waals surface area contributed by atoms with E-state index >= 15 is 0 Å². The summed E-state index contributed by atoms with van der Waals surface area (Å²) in [7, 11) is 0. The minimum atomic E-state index is -1.31. The van der Waals surface area contributed by atoms with Crippen molar-refractivity contribution in [2.75, 3.05) is 18.6 Å². The van der Waals surface area contributed by atoms with Gasteiger partial charge in [0.1, 0.15) is 18.1 Å². The summed E-state index contributed by atoms with van der Waals surface area (Å²) in [5.41, 5.74) is 5.42. The largest absolute Gasteiger partial charge is 0.481 e. The molecule has 0 radical (unpaired) electrons. The van der Waals surface area contributed by atoms with Crippen molar-refractivity contribution in [3.63, 3.8) is 0 Å². The van der Waals surface area contributed by atoms with Crippen LogP contribution in [-0.2, 0) is 24.0 Å². The standard InChI is InChI=1S/C16H28N4O8S/c1-8(21)13(17)15(26)18-7-11(22)19-9(3-4-12(23)24)14(25)20-10(16(27)28)5-6-29-2/h8-10,13,21H,3-7,17H2,1-2H3,(H,18,26)(H,19,22)(H,20,25)(H,23,24)(H,27,28). The lowest BCUT2D eigenvalue weighted by Gasteiger charge is -2.21. The van der Waals surface area contributed by atoms with Crippen LogP contribution in [0.5, 0.6) is 0 Å². The predicted octanol–water partition coefficient (Wildman–Crippen LogP) is -2.52. The maximum atomic E-state index is 12.4. The lowest BCUT2D eigenvalue weighted by Crippen LogP contribution is -2.54. The highest BCUT2D eigenvalue weighted by Gasteiger charge is 2.27. The van der Waals surface area contributed by atoms with Gasteiger partial charge in [-0.05, 0) is 31.8 Å². The van der Waals surface area contributed by atoms with Crippen LogP contribution in [-0.4, -0.2) is 87.8 Å². The van der Waals surface area contributed by atoms with Crippen LogP contribution in [0.2, 0.25) is 0 Å². The molecule has 0 saturated carbocycles. The number of aliphatic carboxylic acids is 2. The predicted molar refractivity (Wildman–Crippen MR) is 104 cm³/mol. The van der Waals surface area contributed by atoms with E-state index in [0.717, 1.165) is 0 Å². The molecule has 0 saturated heterocycles. The molecule has 0 fully saturated rings. The van der Waals surface area contributed by atoms with E-state index < -0.39 is 66.9 Å². The number of carbonyl (C=O) groups is 5. The first-order valence-electron chi connectivity index (χ1n) is 8.74. The Kier molecular flexibility index (Phi) is 12.6. The molecule has 0 aliphatic carbocycles. The second-order valence-electron chi connectivity index (χ2n) is 6.22. The molecule has 0 aromatic heterocycles. The number of hydrogen-bond acceptors (Lipinski definition) is 8. The molecule has 0 spiro atoms. The number of aliphatic hydroxyl groups is 1. The summed E-state index contributed by atoms with van der Waals surface area (Å²) in [6.45, 7) is 0.734. The highest BCUT2D eigenvalue weighted by Crippen LogP contribution is 2.04. The number of nitrogens with two attached hydrogens (primary N) is 1. The quantitative estimate of drug-likeness (QED) is 0.152. The summed E-state index contributed by atoms with van der Waals surface area (Å²) in [5.74, 6) is -4.43. The first kappa shape index (κ1) is 26.6. The zero-order chi connectivity index (χ0) is 22.6. The van der Waals surface area contributed by atoms with Crippen molar-refractivity contribution in [3.05, 3.63) is 0 Å². The molecule has 0 bridgehead atoms. The average molecular weight is 436 g/mol. The van der Waals surface area contributed by atoms with Crippen LogP contribution in [0.25, 0.3) is 0 Å². The normalized spacial score (nSPS) is 14.8. The third kappa shape index (κ3) is 11.3. The van der Waals surface area contributed by atoms with Crippen molar-refractivity contribution >= 4 is 41.4 Å². The monoisotopic (exact) mass is 436 g/mol. The van der Waals surface area contributed by atoms with Gasteiger partial charge in [0.25, 0.3) is 0 Å². The van der Waals surface area contributed by atoms with E-state index in [0.29, 0.717) is 5.75 Å². The number of carbonyl (C=O) groups excluding carboxylic acids is 3. The maximum absolute atomic E-state index is 12.4. The molecule has 4 atom stereocenters. The van der Waals surface area contributed by atoms with E-state index in [-0.39, 0.29) is 12.8 Å². The van der Waals surface area contributed by atoms with Gasteiger partial charge in [-0.15, -0.1) is 0 Å². The Morgan fingerprint density at radius 3 is 2.10 bits per heavy atom. The summed E-state index contributed by atoms with van der Waals surface area (Å²) in [6.07, 6.45) is 0.0633. The second-order valence-corrected chi connectivity index (χ2v) is 7.20. The fraction of sp³-hybridized carbons (Fsp3) is 0.688. The first-order chi connectivity index (χ1) is 13.5. The SMILES string of the molecule is CSCCC(NC(=O)C(CCC(=O)O)NC(=O)CNC(=O)C(N)C(C)O)C(=O)O. The summed E-state index contributed by atoms with van der Waals surface area (Å²) in [5, 5.41) is 34.0. The molecular weight excluding hydrogens is 408 g/mol. The third-order valence-corrected chi connectivity index (χ3v) is 4.41. The van der Waals surface area contributed by atoms with Crippen molar-refractivity contribution in [1.29, 1.82) is 0 Å². The smallest absolute Gasteiger partial charge is 0.326 e. The number of hydrogen-bond donors (Lipinski definition) is 7. The second kappa shape index (κ2) is 13.7. The topological polar surface area (TPSA) is 208 Å². The minimum Gasteiger partial charge on any atom is -0.481 e. The number of carboxylic acid groups (broad SMARTS) is 2. The number of carboxylic acids is 2. The Balaban J connectivity index is 4.95. The van der Waals surface area contributed by atoms with E-state index in [9.17, 15) is 34.2 Å². The van der Waals surface area contributed by atoms with Crippen molar-refractivity contribution in [2.45, 2.75) is 50.4 Å². The van der Waals surface area contributed by atoms with Gasteiger partial charge in [-0.3, -0.25) is 19.2 Å². The molecule has 0 aliphatic rings. The Morgan fingerprint density at radius 2 is 1.62 bits per heavy atom. The number of thioether (sulfide) groups is 1. The van der Waals surface area contributed by atoms with Gasteiger partial charge in [-0.2, -0.15) is 11.8 Å². The molecule has 166 valence electrons. The summed E-state index contributed by atoms with van der Waals surface area (Å²) in [4.78, 5) is 58.1. The first-order valence-corrected chi connectivity index (χ1v) is 10.1. The zero-order valence-corrected chi connectivity index (χ0v) is 17.0. The molecule has 12 nitrogen and oxygen atoms in total. The average Bonchev–Trinajstić information content (AvgIpc) is 2.64. The Morgan fingerprint density at radius 1 is 1.00 bits per heavy atom. The summed E-state index contributed by atoms with van der Waals surface area (Å²) >= 11 is 1.39. The van der Waals surface area contributed by atoms with Gasteiger partial charge in [0, 0.05) is 6.42 Å². The summed E-state index contributed by atoms with van der Waals surface area (Å²) in [6, 6.07) is -3.75. The molecule has 0 rings (SSSR count). The molecule has 0 heterocycles. The molecular formula is C16H28N4O8S. The van der Waals surface area contributed by atoms with Gasteiger partial charge < -0.3 is 37.0 Å². The molecule has 0 aromatic rings. The summed E-state index contributed by atoms with van der Waals surface area (Å²) < 4.78 is 0. The van der Waals surface area contributed by atoms with Crippen molar-refractivity contribution in [1.82, 2.24) is 16.0 Å². The van der Waals surface area contributed by atoms with Gasteiger partial charge in [-0.1, -0.05) is 0 Å². The van der Waals surface area contributed by atoms with Crippen molar-refractivity contribution in [2.24, 2.45) is 5.73 Å².